The van der Waals surface area contributed by atoms with Gasteiger partial charge in [0, 0.05) is 17.8 Å². The van der Waals surface area contributed by atoms with Gasteiger partial charge in [-0.05, 0) is 52.7 Å². The van der Waals surface area contributed by atoms with Crippen LogP contribution in [0, 0.1) is 5.82 Å². The minimum atomic E-state index is -0.184. The fourth-order valence-electron chi connectivity index (χ4n) is 2.73. The number of nitrogens with one attached hydrogen (secondary N) is 1. The zero-order valence-electron chi connectivity index (χ0n) is 11.3. The van der Waals surface area contributed by atoms with Crippen molar-refractivity contribution in [3.8, 4) is 0 Å². The highest BCUT2D eigenvalue weighted by molar-refractivity contribution is 9.10. The fraction of sp³-hybridized carbons (Fsp3) is 0.600. The Morgan fingerprint density at radius 3 is 2.68 bits per heavy atom. The number of hydrogen-bond donors (Lipinski definition) is 1. The van der Waals surface area contributed by atoms with Crippen molar-refractivity contribution in [2.75, 3.05) is 12.8 Å². The lowest BCUT2D eigenvalue weighted by molar-refractivity contribution is 0.379. The normalized spacial score (nSPS) is 18.5. The van der Waals surface area contributed by atoms with E-state index in [2.05, 4.69) is 27.5 Å². The van der Waals surface area contributed by atoms with Crippen LogP contribution in [0.25, 0.3) is 0 Å². The lowest BCUT2D eigenvalue weighted by Gasteiger charge is -2.36. The smallest absolute Gasteiger partial charge is 0.137 e. The molecule has 1 saturated carbocycles. The Labute approximate surface area is 127 Å². The van der Waals surface area contributed by atoms with Crippen LogP contribution in [-0.2, 0) is 6.54 Å². The van der Waals surface area contributed by atoms with Gasteiger partial charge in [-0.2, -0.15) is 11.8 Å². The summed E-state index contributed by atoms with van der Waals surface area (Å²) >= 11 is 5.17. The standard InChI is InChI=1S/C15H21BrFNS/c1-19-15(7-3-2-4-8-15)11-18-10-12-5-6-13(16)14(17)9-12/h5-6,9,18H,2-4,7-8,10-11H2,1H3. The molecule has 0 amide bonds. The van der Waals surface area contributed by atoms with Crippen LogP contribution in [0.15, 0.2) is 22.7 Å². The molecule has 4 heteroatoms. The van der Waals surface area contributed by atoms with E-state index >= 15 is 0 Å². The van der Waals surface area contributed by atoms with Crippen molar-refractivity contribution in [3.05, 3.63) is 34.1 Å². The third-order valence-corrected chi connectivity index (χ3v) is 6.02. The van der Waals surface area contributed by atoms with Gasteiger partial charge >= 0.3 is 0 Å². The Balaban J connectivity index is 1.86. The first kappa shape index (κ1) is 15.3. The Hall–Kier alpha value is -0.0600. The molecule has 0 aromatic heterocycles. The van der Waals surface area contributed by atoms with Crippen molar-refractivity contribution in [1.29, 1.82) is 0 Å². The van der Waals surface area contributed by atoms with Gasteiger partial charge in [-0.1, -0.05) is 25.3 Å². The van der Waals surface area contributed by atoms with Gasteiger partial charge in [-0.3, -0.25) is 0 Å². The zero-order chi connectivity index (χ0) is 13.7. The molecule has 0 spiro atoms. The molecule has 0 bridgehead atoms. The molecule has 1 aliphatic carbocycles. The summed E-state index contributed by atoms with van der Waals surface area (Å²) in [7, 11) is 0. The van der Waals surface area contributed by atoms with Crippen molar-refractivity contribution in [2.24, 2.45) is 0 Å². The SMILES string of the molecule is CSC1(CNCc2ccc(Br)c(F)c2)CCCCC1. The minimum absolute atomic E-state index is 0.184. The largest absolute Gasteiger partial charge is 0.311 e. The molecule has 1 nitrogen and oxygen atoms in total. The Bertz CT molecular complexity index is 419. The third-order valence-electron chi connectivity index (χ3n) is 3.96. The van der Waals surface area contributed by atoms with Gasteiger partial charge in [0.1, 0.15) is 5.82 Å². The number of thioether (sulfide) groups is 1. The summed E-state index contributed by atoms with van der Waals surface area (Å²) in [4.78, 5) is 0. The summed E-state index contributed by atoms with van der Waals surface area (Å²) in [6.45, 7) is 1.76. The van der Waals surface area contributed by atoms with Gasteiger partial charge < -0.3 is 5.32 Å². The van der Waals surface area contributed by atoms with Crippen LogP contribution in [0.5, 0.6) is 0 Å². The van der Waals surface area contributed by atoms with E-state index in [1.165, 1.54) is 32.1 Å². The van der Waals surface area contributed by atoms with Crippen LogP contribution in [0.2, 0.25) is 0 Å². The van der Waals surface area contributed by atoms with E-state index in [1.807, 2.05) is 17.8 Å². The first-order valence-corrected chi connectivity index (χ1v) is 8.87. The minimum Gasteiger partial charge on any atom is -0.311 e. The molecule has 0 unspecified atom stereocenters. The molecular weight excluding hydrogens is 325 g/mol. The molecule has 0 atom stereocenters. The maximum Gasteiger partial charge on any atom is 0.137 e. The summed E-state index contributed by atoms with van der Waals surface area (Å²) in [5.41, 5.74) is 1.01. The fourth-order valence-corrected chi connectivity index (χ4v) is 3.92. The Kier molecular flexibility index (Phi) is 5.72. The summed E-state index contributed by atoms with van der Waals surface area (Å²) in [6.07, 6.45) is 8.88. The second-order valence-corrected chi connectivity index (χ2v) is 7.43. The summed E-state index contributed by atoms with van der Waals surface area (Å²) < 4.78 is 14.4. The number of benzene rings is 1. The van der Waals surface area contributed by atoms with Crippen LogP contribution in [0.3, 0.4) is 0 Å². The first-order valence-electron chi connectivity index (χ1n) is 6.85. The Morgan fingerprint density at radius 1 is 1.32 bits per heavy atom. The third kappa shape index (κ3) is 4.20. The summed E-state index contributed by atoms with van der Waals surface area (Å²) in [6, 6.07) is 5.34. The highest BCUT2D eigenvalue weighted by Crippen LogP contribution is 2.37. The average molecular weight is 346 g/mol. The average Bonchev–Trinajstić information content (AvgIpc) is 2.44. The second kappa shape index (κ2) is 7.09. The van der Waals surface area contributed by atoms with E-state index in [9.17, 15) is 4.39 Å². The van der Waals surface area contributed by atoms with Gasteiger partial charge in [0.2, 0.25) is 0 Å². The number of halogens is 2. The molecule has 19 heavy (non-hydrogen) atoms. The molecule has 0 saturated heterocycles. The number of hydrogen-bond acceptors (Lipinski definition) is 2. The molecule has 0 aliphatic heterocycles. The van der Waals surface area contributed by atoms with Crippen molar-refractivity contribution in [2.45, 2.75) is 43.4 Å². The van der Waals surface area contributed by atoms with Crippen LogP contribution < -0.4 is 5.32 Å². The lowest BCUT2D eigenvalue weighted by atomic mass is 9.88. The van der Waals surface area contributed by atoms with Crippen molar-refractivity contribution < 1.29 is 4.39 Å². The van der Waals surface area contributed by atoms with Crippen molar-refractivity contribution in [1.82, 2.24) is 5.32 Å². The zero-order valence-corrected chi connectivity index (χ0v) is 13.7. The highest BCUT2D eigenvalue weighted by Gasteiger charge is 2.30. The molecule has 1 fully saturated rings. The van der Waals surface area contributed by atoms with Crippen LogP contribution in [0.1, 0.15) is 37.7 Å². The molecular formula is C15H21BrFNS. The van der Waals surface area contributed by atoms with Gasteiger partial charge in [0.25, 0.3) is 0 Å². The predicted octanol–water partition coefficient (Wildman–Crippen LogP) is 4.74. The highest BCUT2D eigenvalue weighted by atomic mass is 79.9. The first-order chi connectivity index (χ1) is 9.15. The summed E-state index contributed by atoms with van der Waals surface area (Å²) in [5.74, 6) is -0.184. The maximum absolute atomic E-state index is 13.4. The summed E-state index contributed by atoms with van der Waals surface area (Å²) in [5, 5.41) is 3.51. The monoisotopic (exact) mass is 345 g/mol. The molecule has 1 aromatic rings. The van der Waals surface area contributed by atoms with E-state index in [4.69, 9.17) is 0 Å². The predicted molar refractivity (Wildman–Crippen MR) is 85.1 cm³/mol. The van der Waals surface area contributed by atoms with Gasteiger partial charge in [-0.25, -0.2) is 4.39 Å². The topological polar surface area (TPSA) is 12.0 Å². The molecule has 0 radical (unpaired) electrons. The van der Waals surface area contributed by atoms with Crippen LogP contribution >= 0.6 is 27.7 Å². The molecule has 1 N–H and O–H groups in total. The van der Waals surface area contributed by atoms with Crippen LogP contribution in [-0.4, -0.2) is 17.5 Å². The Morgan fingerprint density at radius 2 is 2.05 bits per heavy atom. The van der Waals surface area contributed by atoms with E-state index in [0.29, 0.717) is 9.22 Å². The van der Waals surface area contributed by atoms with E-state index < -0.39 is 0 Å². The van der Waals surface area contributed by atoms with E-state index in [1.54, 1.807) is 12.1 Å². The van der Waals surface area contributed by atoms with Crippen molar-refractivity contribution >= 4 is 27.7 Å². The van der Waals surface area contributed by atoms with E-state index in [0.717, 1.165) is 18.7 Å². The maximum atomic E-state index is 13.4. The molecule has 0 heterocycles. The van der Waals surface area contributed by atoms with Gasteiger partial charge in [0.05, 0.1) is 4.47 Å². The molecule has 1 aliphatic rings. The van der Waals surface area contributed by atoms with Crippen LogP contribution in [0.4, 0.5) is 4.39 Å². The van der Waals surface area contributed by atoms with Crippen molar-refractivity contribution in [3.63, 3.8) is 0 Å². The van der Waals surface area contributed by atoms with E-state index in [-0.39, 0.29) is 5.82 Å². The molecule has 1 aromatic carbocycles. The van der Waals surface area contributed by atoms with Gasteiger partial charge in [0.15, 0.2) is 0 Å². The molecule has 106 valence electrons. The molecule has 2 rings (SSSR count). The number of rotatable bonds is 5. The lowest BCUT2D eigenvalue weighted by Crippen LogP contribution is -2.39. The quantitative estimate of drug-likeness (QED) is 0.826. The van der Waals surface area contributed by atoms with Gasteiger partial charge in [-0.15, -0.1) is 0 Å². The second-order valence-electron chi connectivity index (χ2n) is 5.30.